The Hall–Kier alpha value is -1.44. The minimum absolute atomic E-state index is 0.616. The van der Waals surface area contributed by atoms with Gasteiger partial charge < -0.3 is 10.1 Å². The van der Waals surface area contributed by atoms with Crippen LogP contribution >= 0.6 is 0 Å². The molecule has 0 saturated carbocycles. The summed E-state index contributed by atoms with van der Waals surface area (Å²) in [7, 11) is 0. The molecule has 0 aromatic heterocycles. The highest BCUT2D eigenvalue weighted by atomic mass is 16.5. The van der Waals surface area contributed by atoms with Gasteiger partial charge in [-0.3, -0.25) is 0 Å². The fourth-order valence-electron chi connectivity index (χ4n) is 1.35. The number of unbranched alkanes of at least 4 members (excludes halogenated alkanes) is 2. The Bertz CT molecular complexity index is 282. The quantitative estimate of drug-likeness (QED) is 0.677. The average Bonchev–Trinajstić information content (AvgIpc) is 2.34. The highest BCUT2D eigenvalue weighted by Crippen LogP contribution is 2.07. The van der Waals surface area contributed by atoms with Gasteiger partial charge in [0.2, 0.25) is 0 Å². The number of nitrogens with one attached hydrogen (secondary N) is 1. The van der Waals surface area contributed by atoms with Crippen molar-refractivity contribution < 1.29 is 4.74 Å². The second-order valence-electron chi connectivity index (χ2n) is 3.69. The first-order valence-corrected chi connectivity index (χ1v) is 5.99. The summed E-state index contributed by atoms with van der Waals surface area (Å²) in [6.45, 7) is 3.88. The predicted molar refractivity (Wildman–Crippen MR) is 68.6 cm³/mol. The van der Waals surface area contributed by atoms with Crippen LogP contribution in [-0.2, 0) is 0 Å². The fraction of sp³-hybridized carbons (Fsp3) is 0.429. The van der Waals surface area contributed by atoms with Gasteiger partial charge in [-0.05, 0) is 30.8 Å². The van der Waals surface area contributed by atoms with E-state index in [1.54, 1.807) is 0 Å². The zero-order chi connectivity index (χ0) is 11.5. The molecule has 0 saturated heterocycles. The maximum atomic E-state index is 5.51. The van der Waals surface area contributed by atoms with Crippen molar-refractivity contribution in [3.05, 3.63) is 42.6 Å². The van der Waals surface area contributed by atoms with Gasteiger partial charge in [0.25, 0.3) is 0 Å². The molecule has 0 spiro atoms. The Morgan fingerprint density at radius 1 is 1.19 bits per heavy atom. The topological polar surface area (TPSA) is 21.3 Å². The average molecular weight is 219 g/mol. The molecule has 0 radical (unpaired) electrons. The third-order valence-corrected chi connectivity index (χ3v) is 2.25. The van der Waals surface area contributed by atoms with Crippen molar-refractivity contribution >= 4 is 0 Å². The summed E-state index contributed by atoms with van der Waals surface area (Å²) in [6, 6.07) is 9.85. The van der Waals surface area contributed by atoms with E-state index >= 15 is 0 Å². The lowest BCUT2D eigenvalue weighted by molar-refractivity contribution is 0.362. The number of hydrogen-bond acceptors (Lipinski definition) is 2. The first kappa shape index (κ1) is 12.6. The fourth-order valence-corrected chi connectivity index (χ4v) is 1.35. The van der Waals surface area contributed by atoms with Gasteiger partial charge in [0.05, 0.1) is 0 Å². The van der Waals surface area contributed by atoms with Gasteiger partial charge >= 0.3 is 0 Å². The minimum atomic E-state index is 0.616. The smallest absolute Gasteiger partial charge is 0.119 e. The second-order valence-corrected chi connectivity index (χ2v) is 3.69. The predicted octanol–water partition coefficient (Wildman–Crippen LogP) is 3.36. The van der Waals surface area contributed by atoms with E-state index in [1.165, 1.54) is 19.3 Å². The van der Waals surface area contributed by atoms with Crippen LogP contribution in [0.3, 0.4) is 0 Å². The standard InChI is InChI=1S/C14H21NO/c1-2-3-7-11-15-12-8-13-16-14-9-5-4-6-10-14/h4-6,8-10,12,15H,2-3,7,11,13H2,1H3. The van der Waals surface area contributed by atoms with Crippen molar-refractivity contribution in [3.8, 4) is 5.75 Å². The van der Waals surface area contributed by atoms with Gasteiger partial charge in [-0.25, -0.2) is 0 Å². The third kappa shape index (κ3) is 6.12. The van der Waals surface area contributed by atoms with Crippen LogP contribution in [0.5, 0.6) is 5.75 Å². The molecule has 0 fully saturated rings. The van der Waals surface area contributed by atoms with E-state index in [-0.39, 0.29) is 0 Å². The van der Waals surface area contributed by atoms with E-state index in [4.69, 9.17) is 4.74 Å². The molecule has 1 aromatic rings. The normalized spacial score (nSPS) is 10.6. The summed E-state index contributed by atoms with van der Waals surface area (Å²) >= 11 is 0. The summed E-state index contributed by atoms with van der Waals surface area (Å²) < 4.78 is 5.51. The molecule has 0 aliphatic carbocycles. The molecular weight excluding hydrogens is 198 g/mol. The van der Waals surface area contributed by atoms with Gasteiger partial charge in [0, 0.05) is 6.54 Å². The zero-order valence-corrected chi connectivity index (χ0v) is 9.99. The summed E-state index contributed by atoms with van der Waals surface area (Å²) in [4.78, 5) is 0. The number of hydrogen-bond donors (Lipinski definition) is 1. The van der Waals surface area contributed by atoms with Gasteiger partial charge in [-0.2, -0.15) is 0 Å². The molecule has 0 aliphatic rings. The van der Waals surface area contributed by atoms with E-state index < -0.39 is 0 Å². The van der Waals surface area contributed by atoms with Crippen LogP contribution in [0.15, 0.2) is 42.6 Å². The summed E-state index contributed by atoms with van der Waals surface area (Å²) in [5.74, 6) is 0.915. The SMILES string of the molecule is CCCCCNC=CCOc1ccccc1. The molecule has 1 N–H and O–H groups in total. The molecule has 2 heteroatoms. The lowest BCUT2D eigenvalue weighted by atomic mass is 10.2. The largest absolute Gasteiger partial charge is 0.489 e. The van der Waals surface area contributed by atoms with Gasteiger partial charge in [-0.15, -0.1) is 0 Å². The van der Waals surface area contributed by atoms with E-state index in [0.29, 0.717) is 6.61 Å². The molecule has 88 valence electrons. The highest BCUT2D eigenvalue weighted by Gasteiger charge is 1.87. The highest BCUT2D eigenvalue weighted by molar-refractivity contribution is 5.21. The summed E-state index contributed by atoms with van der Waals surface area (Å²) in [5, 5.41) is 3.25. The molecular formula is C14H21NO. The van der Waals surface area contributed by atoms with Crippen LogP contribution in [0.1, 0.15) is 26.2 Å². The van der Waals surface area contributed by atoms with Crippen molar-refractivity contribution in [2.75, 3.05) is 13.2 Å². The molecule has 1 rings (SSSR count). The van der Waals surface area contributed by atoms with Crippen molar-refractivity contribution in [2.24, 2.45) is 0 Å². The maximum absolute atomic E-state index is 5.51. The Labute approximate surface area is 98.3 Å². The summed E-state index contributed by atoms with van der Waals surface area (Å²) in [5.41, 5.74) is 0. The maximum Gasteiger partial charge on any atom is 0.119 e. The molecule has 0 heterocycles. The zero-order valence-electron chi connectivity index (χ0n) is 9.99. The molecule has 0 atom stereocenters. The van der Waals surface area contributed by atoms with Crippen molar-refractivity contribution in [2.45, 2.75) is 26.2 Å². The van der Waals surface area contributed by atoms with Gasteiger partial charge in [-0.1, -0.05) is 38.0 Å². The lowest BCUT2D eigenvalue weighted by Crippen LogP contribution is -2.07. The number of para-hydroxylation sites is 1. The van der Waals surface area contributed by atoms with Crippen LogP contribution < -0.4 is 10.1 Å². The number of benzene rings is 1. The molecule has 1 aromatic carbocycles. The Kier molecular flexibility index (Phi) is 6.97. The molecule has 0 aliphatic heterocycles. The van der Waals surface area contributed by atoms with E-state index in [9.17, 15) is 0 Å². The Morgan fingerprint density at radius 2 is 2.00 bits per heavy atom. The van der Waals surface area contributed by atoms with Crippen molar-refractivity contribution in [3.63, 3.8) is 0 Å². The Morgan fingerprint density at radius 3 is 2.75 bits per heavy atom. The molecule has 2 nitrogen and oxygen atoms in total. The van der Waals surface area contributed by atoms with Crippen molar-refractivity contribution in [1.29, 1.82) is 0 Å². The number of ether oxygens (including phenoxy) is 1. The van der Waals surface area contributed by atoms with Crippen LogP contribution in [0.2, 0.25) is 0 Å². The van der Waals surface area contributed by atoms with Gasteiger partial charge in [0.15, 0.2) is 0 Å². The summed E-state index contributed by atoms with van der Waals surface area (Å²) in [6.07, 6.45) is 7.77. The van der Waals surface area contributed by atoms with Crippen LogP contribution in [0.4, 0.5) is 0 Å². The van der Waals surface area contributed by atoms with Crippen LogP contribution in [0.25, 0.3) is 0 Å². The van der Waals surface area contributed by atoms with E-state index in [0.717, 1.165) is 12.3 Å². The number of rotatable bonds is 8. The minimum Gasteiger partial charge on any atom is -0.489 e. The molecule has 0 unspecified atom stereocenters. The first-order valence-electron chi connectivity index (χ1n) is 5.99. The van der Waals surface area contributed by atoms with Crippen LogP contribution in [-0.4, -0.2) is 13.2 Å². The van der Waals surface area contributed by atoms with Crippen molar-refractivity contribution in [1.82, 2.24) is 5.32 Å². The third-order valence-electron chi connectivity index (χ3n) is 2.25. The lowest BCUT2D eigenvalue weighted by Gasteiger charge is -2.02. The van der Waals surface area contributed by atoms with E-state index in [1.807, 2.05) is 42.6 Å². The van der Waals surface area contributed by atoms with Crippen LogP contribution in [0, 0.1) is 0 Å². The monoisotopic (exact) mass is 219 g/mol. The molecule has 16 heavy (non-hydrogen) atoms. The molecule has 0 amide bonds. The molecule has 0 bridgehead atoms. The first-order chi connectivity index (χ1) is 7.93. The Balaban J connectivity index is 2.00. The van der Waals surface area contributed by atoms with Gasteiger partial charge in [0.1, 0.15) is 12.4 Å². The second kappa shape index (κ2) is 8.84. The van der Waals surface area contributed by atoms with E-state index in [2.05, 4.69) is 12.2 Å².